The van der Waals surface area contributed by atoms with Crippen molar-refractivity contribution in [2.24, 2.45) is 17.6 Å². The molecule has 10 nitrogen and oxygen atoms in total. The number of carbonyl (C=O) groups excluding carboxylic acids is 3. The van der Waals surface area contributed by atoms with E-state index in [0.29, 0.717) is 17.7 Å². The van der Waals surface area contributed by atoms with Crippen LogP contribution in [0.3, 0.4) is 0 Å². The van der Waals surface area contributed by atoms with Crippen molar-refractivity contribution in [2.75, 3.05) is 12.0 Å². The van der Waals surface area contributed by atoms with Crippen molar-refractivity contribution in [3.8, 4) is 5.75 Å². The summed E-state index contributed by atoms with van der Waals surface area (Å²) in [4.78, 5) is 50.7. The van der Waals surface area contributed by atoms with Crippen LogP contribution in [0.15, 0.2) is 24.3 Å². The summed E-state index contributed by atoms with van der Waals surface area (Å²) < 4.78 is 0. The number of rotatable bonds is 15. The zero-order valence-electron chi connectivity index (χ0n) is 21.6. The minimum Gasteiger partial charge on any atom is -0.508 e. The lowest BCUT2D eigenvalue weighted by molar-refractivity contribution is -0.143. The van der Waals surface area contributed by atoms with Crippen LogP contribution in [0.4, 0.5) is 0 Å². The standard InChI is InChI=1S/C25H40N4O6S/c1-6-15(4)21(25(34)35)29-22(31)18(11-12-36-5)27-23(32)19(28-24(33)20(26)14(2)3)13-16-7-9-17(30)10-8-16/h7-10,14-15,18-21,30H,6,11-13,26H2,1-5H3,(H,27,32)(H,28,33)(H,29,31)(H,34,35). The van der Waals surface area contributed by atoms with E-state index in [-0.39, 0.29) is 30.4 Å². The van der Waals surface area contributed by atoms with Crippen LogP contribution < -0.4 is 21.7 Å². The predicted octanol–water partition coefficient (Wildman–Crippen LogP) is 1.26. The van der Waals surface area contributed by atoms with Gasteiger partial charge in [-0.2, -0.15) is 11.8 Å². The first-order valence-electron chi connectivity index (χ1n) is 12.1. The summed E-state index contributed by atoms with van der Waals surface area (Å²) in [6.45, 7) is 7.14. The fourth-order valence-corrected chi connectivity index (χ4v) is 3.83. The summed E-state index contributed by atoms with van der Waals surface area (Å²) >= 11 is 1.48. The van der Waals surface area contributed by atoms with E-state index in [1.165, 1.54) is 23.9 Å². The Hall–Kier alpha value is -2.79. The fourth-order valence-electron chi connectivity index (χ4n) is 3.36. The number of hydrogen-bond donors (Lipinski definition) is 6. The SMILES string of the molecule is CCC(C)C(NC(=O)C(CCSC)NC(=O)C(Cc1ccc(O)cc1)NC(=O)C(N)C(C)C)C(=O)O. The zero-order chi connectivity index (χ0) is 27.4. The Balaban J connectivity index is 3.14. The van der Waals surface area contributed by atoms with Crippen LogP contribution in [0.2, 0.25) is 0 Å². The third-order valence-electron chi connectivity index (χ3n) is 6.05. The van der Waals surface area contributed by atoms with E-state index in [4.69, 9.17) is 5.73 Å². The third-order valence-corrected chi connectivity index (χ3v) is 6.69. The summed E-state index contributed by atoms with van der Waals surface area (Å²) in [6, 6.07) is 2.26. The lowest BCUT2D eigenvalue weighted by atomic mass is 9.98. The maximum absolute atomic E-state index is 13.3. The summed E-state index contributed by atoms with van der Waals surface area (Å²) in [5.41, 5.74) is 6.64. The van der Waals surface area contributed by atoms with Gasteiger partial charge in [0.2, 0.25) is 17.7 Å². The Bertz CT molecular complexity index is 880. The maximum atomic E-state index is 13.3. The number of carbonyl (C=O) groups is 4. The van der Waals surface area contributed by atoms with Crippen LogP contribution >= 0.6 is 11.8 Å². The van der Waals surface area contributed by atoms with Crippen LogP contribution in [0.25, 0.3) is 0 Å². The van der Waals surface area contributed by atoms with Crippen molar-refractivity contribution in [1.29, 1.82) is 0 Å². The van der Waals surface area contributed by atoms with Gasteiger partial charge in [-0.15, -0.1) is 0 Å². The lowest BCUT2D eigenvalue weighted by Gasteiger charge is -2.27. The highest BCUT2D eigenvalue weighted by Crippen LogP contribution is 2.13. The number of phenols is 1. The Labute approximate surface area is 217 Å². The van der Waals surface area contributed by atoms with Crippen LogP contribution in [-0.4, -0.2) is 70.1 Å². The number of aliphatic carboxylic acids is 1. The van der Waals surface area contributed by atoms with E-state index in [9.17, 15) is 29.4 Å². The molecule has 202 valence electrons. The number of phenolic OH excluding ortho intramolecular Hbond substituents is 1. The predicted molar refractivity (Wildman–Crippen MR) is 141 cm³/mol. The van der Waals surface area contributed by atoms with Crippen LogP contribution in [0.1, 0.15) is 46.1 Å². The first-order chi connectivity index (χ1) is 16.9. The Kier molecular flexibility index (Phi) is 13.3. The zero-order valence-corrected chi connectivity index (χ0v) is 22.4. The lowest BCUT2D eigenvalue weighted by Crippen LogP contribution is -2.58. The number of thioether (sulfide) groups is 1. The molecule has 0 aliphatic rings. The smallest absolute Gasteiger partial charge is 0.326 e. The summed E-state index contributed by atoms with van der Waals surface area (Å²) in [5.74, 6) is -2.69. The molecule has 5 unspecified atom stereocenters. The minimum absolute atomic E-state index is 0.0636. The highest BCUT2D eigenvalue weighted by Gasteiger charge is 2.32. The van der Waals surface area contributed by atoms with Crippen LogP contribution in [0, 0.1) is 11.8 Å². The fraction of sp³-hybridized carbons (Fsp3) is 0.600. The Morgan fingerprint density at radius 1 is 0.944 bits per heavy atom. The summed E-state index contributed by atoms with van der Waals surface area (Å²) in [7, 11) is 0. The van der Waals surface area contributed by atoms with Gasteiger partial charge in [-0.25, -0.2) is 4.79 Å². The molecular formula is C25H40N4O6S. The Morgan fingerprint density at radius 3 is 2.00 bits per heavy atom. The second-order valence-electron chi connectivity index (χ2n) is 9.25. The van der Waals surface area contributed by atoms with E-state index in [1.54, 1.807) is 32.9 Å². The quantitative estimate of drug-likeness (QED) is 0.199. The van der Waals surface area contributed by atoms with Crippen molar-refractivity contribution >= 4 is 35.5 Å². The number of carboxylic acid groups (broad SMARTS) is 1. The van der Waals surface area contributed by atoms with E-state index in [2.05, 4.69) is 16.0 Å². The number of carboxylic acids is 1. The molecule has 5 atom stereocenters. The molecule has 36 heavy (non-hydrogen) atoms. The highest BCUT2D eigenvalue weighted by molar-refractivity contribution is 7.98. The number of nitrogens with one attached hydrogen (secondary N) is 3. The molecule has 0 heterocycles. The van der Waals surface area contributed by atoms with E-state index >= 15 is 0 Å². The molecule has 0 fully saturated rings. The van der Waals surface area contributed by atoms with Gasteiger partial charge >= 0.3 is 5.97 Å². The molecule has 11 heteroatoms. The van der Waals surface area contributed by atoms with Gasteiger partial charge in [0.15, 0.2) is 0 Å². The number of aromatic hydroxyl groups is 1. The molecule has 1 aromatic rings. The number of benzene rings is 1. The van der Waals surface area contributed by atoms with Crippen molar-refractivity contribution in [2.45, 2.75) is 71.1 Å². The molecule has 0 aromatic heterocycles. The number of amides is 3. The molecule has 0 aliphatic carbocycles. The molecule has 0 radical (unpaired) electrons. The van der Waals surface area contributed by atoms with Crippen molar-refractivity contribution in [3.63, 3.8) is 0 Å². The van der Waals surface area contributed by atoms with E-state index in [0.717, 1.165) is 0 Å². The molecule has 1 rings (SSSR count). The number of nitrogens with two attached hydrogens (primary N) is 1. The topological polar surface area (TPSA) is 171 Å². The maximum Gasteiger partial charge on any atom is 0.326 e. The Morgan fingerprint density at radius 2 is 1.50 bits per heavy atom. The molecular weight excluding hydrogens is 484 g/mol. The van der Waals surface area contributed by atoms with Gasteiger partial charge in [0.1, 0.15) is 23.9 Å². The largest absolute Gasteiger partial charge is 0.508 e. The van der Waals surface area contributed by atoms with Gasteiger partial charge in [0.25, 0.3) is 0 Å². The third kappa shape index (κ3) is 10.1. The van der Waals surface area contributed by atoms with Crippen molar-refractivity contribution in [1.82, 2.24) is 16.0 Å². The normalized spacial score (nSPS) is 15.3. The second kappa shape index (κ2) is 15.4. The van der Waals surface area contributed by atoms with E-state index in [1.807, 2.05) is 13.2 Å². The monoisotopic (exact) mass is 524 g/mol. The summed E-state index contributed by atoms with van der Waals surface area (Å²) in [6.07, 6.45) is 2.79. The molecule has 7 N–H and O–H groups in total. The van der Waals surface area contributed by atoms with Gasteiger partial charge in [-0.05, 0) is 48.0 Å². The minimum atomic E-state index is -1.15. The molecule has 0 aliphatic heterocycles. The van der Waals surface area contributed by atoms with E-state index < -0.39 is 47.9 Å². The average molecular weight is 525 g/mol. The van der Waals surface area contributed by atoms with Gasteiger partial charge in [0.05, 0.1) is 6.04 Å². The highest BCUT2D eigenvalue weighted by atomic mass is 32.2. The first kappa shape index (κ1) is 31.2. The second-order valence-corrected chi connectivity index (χ2v) is 10.2. The number of hydrogen-bond acceptors (Lipinski definition) is 7. The van der Waals surface area contributed by atoms with Crippen LogP contribution in [0.5, 0.6) is 5.75 Å². The van der Waals surface area contributed by atoms with Gasteiger partial charge in [-0.1, -0.05) is 46.2 Å². The summed E-state index contributed by atoms with van der Waals surface area (Å²) in [5, 5.41) is 27.0. The first-order valence-corrected chi connectivity index (χ1v) is 13.5. The molecule has 0 saturated carbocycles. The molecule has 1 aromatic carbocycles. The van der Waals surface area contributed by atoms with Crippen molar-refractivity contribution < 1.29 is 29.4 Å². The van der Waals surface area contributed by atoms with Gasteiger partial charge < -0.3 is 31.9 Å². The molecule has 3 amide bonds. The average Bonchev–Trinajstić information content (AvgIpc) is 2.84. The van der Waals surface area contributed by atoms with Crippen molar-refractivity contribution in [3.05, 3.63) is 29.8 Å². The molecule has 0 spiro atoms. The molecule has 0 saturated heterocycles. The molecule has 0 bridgehead atoms. The van der Waals surface area contributed by atoms with Gasteiger partial charge in [-0.3, -0.25) is 14.4 Å². The van der Waals surface area contributed by atoms with Gasteiger partial charge in [0, 0.05) is 6.42 Å². The van der Waals surface area contributed by atoms with Crippen LogP contribution in [-0.2, 0) is 25.6 Å².